The Kier molecular flexibility index (Phi) is 8.48. The third-order valence-corrected chi connectivity index (χ3v) is 3.43. The lowest BCUT2D eigenvalue weighted by molar-refractivity contribution is -0.139. The van der Waals surface area contributed by atoms with Crippen LogP contribution < -0.4 is 16.0 Å². The monoisotopic (exact) mass is 328 g/mol. The summed E-state index contributed by atoms with van der Waals surface area (Å²) >= 11 is 0. The second kappa shape index (κ2) is 10.4. The molecule has 1 aliphatic heterocycles. The van der Waals surface area contributed by atoms with Gasteiger partial charge in [0, 0.05) is 32.2 Å². The van der Waals surface area contributed by atoms with Crippen molar-refractivity contribution in [1.29, 1.82) is 0 Å². The maximum Gasteiger partial charge on any atom is 0.409 e. The lowest BCUT2D eigenvalue weighted by atomic mass is 10.1. The van der Waals surface area contributed by atoms with Gasteiger partial charge in [0.1, 0.15) is 0 Å². The molecule has 9 heteroatoms. The van der Waals surface area contributed by atoms with E-state index in [2.05, 4.69) is 16.0 Å². The molecule has 0 spiro atoms. The van der Waals surface area contributed by atoms with Crippen LogP contribution in [0.1, 0.15) is 26.2 Å². The fourth-order valence-corrected chi connectivity index (χ4v) is 2.20. The third-order valence-electron chi connectivity index (χ3n) is 3.43. The molecule has 0 radical (unpaired) electrons. The summed E-state index contributed by atoms with van der Waals surface area (Å²) in [6, 6.07) is -0.129. The average Bonchev–Trinajstić information content (AvgIpc) is 2.55. The van der Waals surface area contributed by atoms with Gasteiger partial charge in [0.2, 0.25) is 6.41 Å². The highest BCUT2D eigenvalue weighted by molar-refractivity contribution is 6.35. The number of piperidine rings is 1. The highest BCUT2D eigenvalue weighted by Gasteiger charge is 2.26. The van der Waals surface area contributed by atoms with Crippen molar-refractivity contribution in [2.75, 3.05) is 32.8 Å². The maximum atomic E-state index is 11.7. The summed E-state index contributed by atoms with van der Waals surface area (Å²) in [5.74, 6) is -1.37. The Labute approximate surface area is 135 Å². The lowest BCUT2D eigenvalue weighted by Crippen LogP contribution is -2.50. The van der Waals surface area contributed by atoms with Crippen molar-refractivity contribution in [1.82, 2.24) is 20.9 Å². The summed E-state index contributed by atoms with van der Waals surface area (Å²) in [4.78, 5) is 46.5. The molecule has 1 aliphatic rings. The number of nitrogens with one attached hydrogen (secondary N) is 3. The number of nitrogens with zero attached hydrogens (tertiary/aromatic N) is 1. The standard InChI is InChI=1S/C14H24N4O5/c1-2-23-14(22)18-8-4-11(5-9-18)17-13(21)12(20)16-7-3-6-15-10-19/h10-11H,2-9H2,1H3,(H,15,19)(H,16,20)(H,17,21). The normalized spacial score (nSPS) is 14.7. The van der Waals surface area contributed by atoms with E-state index in [9.17, 15) is 19.2 Å². The molecule has 3 N–H and O–H groups in total. The Morgan fingerprint density at radius 1 is 1.17 bits per heavy atom. The number of hydrogen-bond acceptors (Lipinski definition) is 5. The first kappa shape index (κ1) is 18.7. The molecule has 0 bridgehead atoms. The van der Waals surface area contributed by atoms with Crippen LogP contribution in [-0.4, -0.2) is 68.0 Å². The smallest absolute Gasteiger partial charge is 0.409 e. The first-order valence-electron chi connectivity index (χ1n) is 7.75. The molecule has 130 valence electrons. The van der Waals surface area contributed by atoms with Gasteiger partial charge < -0.3 is 25.6 Å². The predicted octanol–water partition coefficient (Wildman–Crippen LogP) is -1.02. The molecule has 0 unspecified atom stereocenters. The van der Waals surface area contributed by atoms with E-state index in [1.54, 1.807) is 11.8 Å². The van der Waals surface area contributed by atoms with Crippen molar-refractivity contribution < 1.29 is 23.9 Å². The van der Waals surface area contributed by atoms with Crippen molar-refractivity contribution in [3.63, 3.8) is 0 Å². The van der Waals surface area contributed by atoms with Gasteiger partial charge in [-0.2, -0.15) is 0 Å². The third kappa shape index (κ3) is 6.98. The minimum Gasteiger partial charge on any atom is -0.450 e. The summed E-state index contributed by atoms with van der Waals surface area (Å²) in [7, 11) is 0. The number of carbonyl (C=O) groups is 4. The summed E-state index contributed by atoms with van der Waals surface area (Å²) in [6.45, 7) is 3.81. The molecule has 23 heavy (non-hydrogen) atoms. The van der Waals surface area contributed by atoms with E-state index in [1.165, 1.54) is 0 Å². The van der Waals surface area contributed by atoms with Crippen LogP contribution in [0.5, 0.6) is 0 Å². The van der Waals surface area contributed by atoms with E-state index < -0.39 is 11.8 Å². The van der Waals surface area contributed by atoms with Crippen LogP contribution in [0.25, 0.3) is 0 Å². The SMILES string of the molecule is CCOC(=O)N1CCC(NC(=O)C(=O)NCCCNC=O)CC1. The first-order chi connectivity index (χ1) is 11.1. The van der Waals surface area contributed by atoms with Crippen molar-refractivity contribution in [2.24, 2.45) is 0 Å². The zero-order valence-corrected chi connectivity index (χ0v) is 13.3. The van der Waals surface area contributed by atoms with Crippen LogP contribution >= 0.6 is 0 Å². The number of carbonyl (C=O) groups excluding carboxylic acids is 4. The number of hydrogen-bond donors (Lipinski definition) is 3. The molecule has 0 aromatic heterocycles. The molecule has 4 amide bonds. The highest BCUT2D eigenvalue weighted by atomic mass is 16.6. The van der Waals surface area contributed by atoms with Gasteiger partial charge in [-0.3, -0.25) is 14.4 Å². The Morgan fingerprint density at radius 3 is 2.48 bits per heavy atom. The largest absolute Gasteiger partial charge is 0.450 e. The van der Waals surface area contributed by atoms with Crippen LogP contribution in [0.3, 0.4) is 0 Å². The number of amides is 4. The number of likely N-dealkylation sites (tertiary alicyclic amines) is 1. The van der Waals surface area contributed by atoms with Crippen molar-refractivity contribution in [3.8, 4) is 0 Å². The number of ether oxygens (including phenoxy) is 1. The summed E-state index contributed by atoms with van der Waals surface area (Å²) in [5, 5.41) is 7.61. The van der Waals surface area contributed by atoms with E-state index in [0.717, 1.165) is 0 Å². The average molecular weight is 328 g/mol. The Morgan fingerprint density at radius 2 is 1.87 bits per heavy atom. The Bertz CT molecular complexity index is 421. The lowest BCUT2D eigenvalue weighted by Gasteiger charge is -2.31. The Balaban J connectivity index is 2.21. The number of rotatable bonds is 7. The van der Waals surface area contributed by atoms with E-state index in [-0.39, 0.29) is 12.1 Å². The van der Waals surface area contributed by atoms with Crippen LogP contribution in [0.15, 0.2) is 0 Å². The molecule has 1 saturated heterocycles. The zero-order valence-electron chi connectivity index (χ0n) is 13.3. The van der Waals surface area contributed by atoms with Gasteiger partial charge in [0.25, 0.3) is 0 Å². The molecule has 9 nitrogen and oxygen atoms in total. The molecule has 0 aromatic carbocycles. The van der Waals surface area contributed by atoms with Crippen molar-refractivity contribution in [3.05, 3.63) is 0 Å². The molecule has 0 saturated carbocycles. The fourth-order valence-electron chi connectivity index (χ4n) is 2.20. The van der Waals surface area contributed by atoms with Crippen LogP contribution in [-0.2, 0) is 19.1 Å². The topological polar surface area (TPSA) is 117 Å². The van der Waals surface area contributed by atoms with Gasteiger partial charge in [-0.15, -0.1) is 0 Å². The molecule has 1 heterocycles. The van der Waals surface area contributed by atoms with E-state index >= 15 is 0 Å². The van der Waals surface area contributed by atoms with E-state index in [1.807, 2.05) is 0 Å². The maximum absolute atomic E-state index is 11.7. The van der Waals surface area contributed by atoms with Gasteiger partial charge in [-0.25, -0.2) is 4.79 Å². The second-order valence-corrected chi connectivity index (χ2v) is 5.12. The van der Waals surface area contributed by atoms with Gasteiger partial charge >= 0.3 is 17.9 Å². The minimum absolute atomic E-state index is 0.129. The summed E-state index contributed by atoms with van der Waals surface area (Å²) in [6.07, 6.45) is 1.95. The molecule has 0 atom stereocenters. The molecule has 0 aromatic rings. The zero-order chi connectivity index (χ0) is 17.1. The van der Waals surface area contributed by atoms with Gasteiger partial charge in [-0.05, 0) is 26.2 Å². The molecular formula is C14H24N4O5. The van der Waals surface area contributed by atoms with Crippen LogP contribution in [0.4, 0.5) is 4.79 Å². The van der Waals surface area contributed by atoms with Gasteiger partial charge in [-0.1, -0.05) is 0 Å². The van der Waals surface area contributed by atoms with E-state index in [0.29, 0.717) is 58.5 Å². The molecule has 1 fully saturated rings. The quantitative estimate of drug-likeness (QED) is 0.314. The summed E-state index contributed by atoms with van der Waals surface area (Å²) < 4.78 is 4.92. The predicted molar refractivity (Wildman–Crippen MR) is 81.5 cm³/mol. The molecular weight excluding hydrogens is 304 g/mol. The molecule has 1 rings (SSSR count). The second-order valence-electron chi connectivity index (χ2n) is 5.12. The Hall–Kier alpha value is -2.32. The highest BCUT2D eigenvalue weighted by Crippen LogP contribution is 2.11. The minimum atomic E-state index is -0.691. The van der Waals surface area contributed by atoms with Gasteiger partial charge in [0.05, 0.1) is 6.61 Å². The van der Waals surface area contributed by atoms with Crippen LogP contribution in [0.2, 0.25) is 0 Å². The van der Waals surface area contributed by atoms with Crippen molar-refractivity contribution in [2.45, 2.75) is 32.2 Å². The van der Waals surface area contributed by atoms with Crippen LogP contribution in [0, 0.1) is 0 Å². The first-order valence-corrected chi connectivity index (χ1v) is 7.75. The fraction of sp³-hybridized carbons (Fsp3) is 0.714. The van der Waals surface area contributed by atoms with Crippen molar-refractivity contribution >= 4 is 24.3 Å². The van der Waals surface area contributed by atoms with E-state index in [4.69, 9.17) is 4.74 Å². The van der Waals surface area contributed by atoms with Gasteiger partial charge in [0.15, 0.2) is 0 Å². The molecule has 0 aliphatic carbocycles. The summed E-state index contributed by atoms with van der Waals surface area (Å²) in [5.41, 5.74) is 0.